The van der Waals surface area contributed by atoms with Gasteiger partial charge in [-0.25, -0.2) is 4.79 Å². The van der Waals surface area contributed by atoms with Crippen molar-refractivity contribution in [3.8, 4) is 0 Å². The smallest absolute Gasteiger partial charge is 0.335 e. The third-order valence-electron chi connectivity index (χ3n) is 3.09. The summed E-state index contributed by atoms with van der Waals surface area (Å²) in [4.78, 5) is 22.5. The molecule has 4 heteroatoms. The van der Waals surface area contributed by atoms with Gasteiger partial charge in [0.15, 0.2) is 5.78 Å². The summed E-state index contributed by atoms with van der Waals surface area (Å²) in [5.74, 6) is -1.03. The molecule has 0 unspecified atom stereocenters. The highest BCUT2D eigenvalue weighted by Gasteiger charge is 2.16. The van der Waals surface area contributed by atoms with Crippen LogP contribution in [0.25, 0.3) is 10.9 Å². The zero-order valence-corrected chi connectivity index (χ0v) is 9.94. The zero-order chi connectivity index (χ0) is 12.7. The number of hydrogen-bond acceptors (Lipinski definition) is 2. The van der Waals surface area contributed by atoms with Crippen molar-refractivity contribution in [1.29, 1.82) is 0 Å². The highest BCUT2D eigenvalue weighted by molar-refractivity contribution is 6.09. The number of aromatic carboxylic acids is 1. The fourth-order valence-electron chi connectivity index (χ4n) is 2.15. The van der Waals surface area contributed by atoms with Gasteiger partial charge >= 0.3 is 5.97 Å². The molecule has 0 bridgehead atoms. The average molecular weight is 231 g/mol. The van der Waals surface area contributed by atoms with E-state index in [2.05, 4.69) is 0 Å². The Morgan fingerprint density at radius 2 is 1.94 bits per heavy atom. The number of fused-ring (bicyclic) bond motifs is 1. The van der Waals surface area contributed by atoms with E-state index in [1.165, 1.54) is 6.92 Å². The van der Waals surface area contributed by atoms with Gasteiger partial charge in [-0.1, -0.05) is 0 Å². The molecule has 0 fully saturated rings. The summed E-state index contributed by atoms with van der Waals surface area (Å²) in [7, 11) is 1.87. The molecule has 0 amide bonds. The molecule has 0 saturated heterocycles. The van der Waals surface area contributed by atoms with Crippen molar-refractivity contribution in [2.45, 2.75) is 13.8 Å². The Morgan fingerprint density at radius 3 is 2.47 bits per heavy atom. The third kappa shape index (κ3) is 1.62. The molecular formula is C13H13NO3. The first-order chi connectivity index (χ1) is 7.93. The van der Waals surface area contributed by atoms with Crippen LogP contribution in [0.1, 0.15) is 33.3 Å². The van der Waals surface area contributed by atoms with Crippen molar-refractivity contribution >= 4 is 22.7 Å². The zero-order valence-electron chi connectivity index (χ0n) is 9.94. The number of rotatable bonds is 2. The summed E-state index contributed by atoms with van der Waals surface area (Å²) in [5, 5.41) is 9.66. The maximum absolute atomic E-state index is 11.6. The molecule has 1 heterocycles. The Morgan fingerprint density at radius 1 is 1.29 bits per heavy atom. The summed E-state index contributed by atoms with van der Waals surface area (Å²) in [6.07, 6.45) is 0. The van der Waals surface area contributed by atoms with Crippen LogP contribution in [0, 0.1) is 6.92 Å². The second-order valence-electron chi connectivity index (χ2n) is 4.11. The van der Waals surface area contributed by atoms with Crippen molar-refractivity contribution < 1.29 is 14.7 Å². The molecule has 0 radical (unpaired) electrons. The fraction of sp³-hybridized carbons (Fsp3) is 0.231. The Hall–Kier alpha value is -2.10. The van der Waals surface area contributed by atoms with Crippen LogP contribution in [-0.2, 0) is 7.05 Å². The minimum absolute atomic E-state index is 0.0457. The minimum Gasteiger partial charge on any atom is -0.478 e. The number of aromatic nitrogens is 1. The molecule has 4 nitrogen and oxygen atoms in total. The van der Waals surface area contributed by atoms with Crippen molar-refractivity contribution in [2.75, 3.05) is 0 Å². The Balaban J connectivity index is 2.88. The van der Waals surface area contributed by atoms with Crippen LogP contribution >= 0.6 is 0 Å². The van der Waals surface area contributed by atoms with Gasteiger partial charge in [0.1, 0.15) is 0 Å². The number of benzene rings is 1. The van der Waals surface area contributed by atoms with E-state index in [9.17, 15) is 9.59 Å². The summed E-state index contributed by atoms with van der Waals surface area (Å²) < 4.78 is 1.90. The first-order valence-corrected chi connectivity index (χ1v) is 5.26. The number of nitrogens with zero attached hydrogens (tertiary/aromatic N) is 1. The maximum Gasteiger partial charge on any atom is 0.335 e. The number of carbonyl (C=O) groups excluding carboxylic acids is 1. The lowest BCUT2D eigenvalue weighted by Crippen LogP contribution is -1.97. The van der Waals surface area contributed by atoms with Gasteiger partial charge < -0.3 is 9.67 Å². The van der Waals surface area contributed by atoms with Crippen LogP contribution < -0.4 is 0 Å². The maximum atomic E-state index is 11.6. The molecule has 1 aromatic carbocycles. The van der Waals surface area contributed by atoms with Gasteiger partial charge in [0.05, 0.1) is 5.56 Å². The number of hydrogen-bond donors (Lipinski definition) is 1. The first kappa shape index (κ1) is 11.4. The molecule has 0 aliphatic carbocycles. The first-order valence-electron chi connectivity index (χ1n) is 5.26. The standard InChI is InChI=1S/C13H13NO3/c1-7-12(8(2)15)10-6-9(13(16)17)4-5-11(10)14(7)3/h4-6H,1-3H3,(H,16,17). The molecule has 2 aromatic rings. The van der Waals surface area contributed by atoms with Gasteiger partial charge in [-0.3, -0.25) is 4.79 Å². The van der Waals surface area contributed by atoms with Gasteiger partial charge in [0.2, 0.25) is 0 Å². The van der Waals surface area contributed by atoms with Crippen LogP contribution in [0.3, 0.4) is 0 Å². The van der Waals surface area contributed by atoms with Gasteiger partial charge in [0.25, 0.3) is 0 Å². The Labute approximate surface area is 98.5 Å². The van der Waals surface area contributed by atoms with Crippen LogP contribution in [0.5, 0.6) is 0 Å². The molecule has 2 rings (SSSR count). The van der Waals surface area contributed by atoms with Gasteiger partial charge in [-0.2, -0.15) is 0 Å². The predicted molar refractivity (Wildman–Crippen MR) is 64.6 cm³/mol. The predicted octanol–water partition coefficient (Wildman–Crippen LogP) is 2.39. The number of ketones is 1. The molecule has 1 aromatic heterocycles. The fourth-order valence-corrected chi connectivity index (χ4v) is 2.15. The molecule has 17 heavy (non-hydrogen) atoms. The minimum atomic E-state index is -0.983. The highest BCUT2D eigenvalue weighted by atomic mass is 16.4. The van der Waals surface area contributed by atoms with Crippen molar-refractivity contribution in [3.63, 3.8) is 0 Å². The number of carboxylic acid groups (broad SMARTS) is 1. The number of carboxylic acids is 1. The quantitative estimate of drug-likeness (QED) is 0.807. The van der Waals surface area contributed by atoms with E-state index in [1.54, 1.807) is 18.2 Å². The van der Waals surface area contributed by atoms with E-state index >= 15 is 0 Å². The second kappa shape index (κ2) is 3.73. The van der Waals surface area contributed by atoms with Crippen LogP contribution in [-0.4, -0.2) is 21.4 Å². The molecule has 0 atom stereocenters. The number of Topliss-reactive ketones (excluding diaryl/α,β-unsaturated/α-hetero) is 1. The van der Waals surface area contributed by atoms with Gasteiger partial charge in [-0.05, 0) is 32.0 Å². The van der Waals surface area contributed by atoms with E-state index in [4.69, 9.17) is 5.11 Å². The van der Waals surface area contributed by atoms with Gasteiger partial charge in [0, 0.05) is 29.2 Å². The molecule has 88 valence electrons. The molecule has 0 spiro atoms. The van der Waals surface area contributed by atoms with E-state index in [0.717, 1.165) is 11.2 Å². The lowest BCUT2D eigenvalue weighted by Gasteiger charge is -1.98. The summed E-state index contributed by atoms with van der Waals surface area (Å²) >= 11 is 0. The van der Waals surface area contributed by atoms with Gasteiger partial charge in [-0.15, -0.1) is 0 Å². The second-order valence-corrected chi connectivity index (χ2v) is 4.11. The monoisotopic (exact) mass is 231 g/mol. The van der Waals surface area contributed by atoms with Crippen molar-refractivity contribution in [3.05, 3.63) is 35.0 Å². The van der Waals surface area contributed by atoms with Crippen LogP contribution in [0.2, 0.25) is 0 Å². The van der Waals surface area contributed by atoms with Crippen LogP contribution in [0.4, 0.5) is 0 Å². The molecule has 0 saturated carbocycles. The molecule has 0 aliphatic heterocycles. The molecular weight excluding hydrogens is 218 g/mol. The Kier molecular flexibility index (Phi) is 2.50. The number of carbonyl (C=O) groups is 2. The molecule has 1 N–H and O–H groups in total. The van der Waals surface area contributed by atoms with E-state index in [0.29, 0.717) is 10.9 Å². The number of aryl methyl sites for hydroxylation is 1. The SMILES string of the molecule is CC(=O)c1c(C)n(C)c2ccc(C(=O)O)cc12. The lowest BCUT2D eigenvalue weighted by atomic mass is 10.1. The third-order valence-corrected chi connectivity index (χ3v) is 3.09. The summed E-state index contributed by atoms with van der Waals surface area (Å²) in [6, 6.07) is 4.84. The lowest BCUT2D eigenvalue weighted by molar-refractivity contribution is 0.0696. The molecule has 0 aliphatic rings. The van der Waals surface area contributed by atoms with Crippen molar-refractivity contribution in [1.82, 2.24) is 4.57 Å². The van der Waals surface area contributed by atoms with E-state index in [-0.39, 0.29) is 11.3 Å². The average Bonchev–Trinajstić information content (AvgIpc) is 2.51. The largest absolute Gasteiger partial charge is 0.478 e. The highest BCUT2D eigenvalue weighted by Crippen LogP contribution is 2.26. The topological polar surface area (TPSA) is 59.3 Å². The summed E-state index contributed by atoms with van der Waals surface area (Å²) in [6.45, 7) is 3.35. The van der Waals surface area contributed by atoms with Crippen molar-refractivity contribution in [2.24, 2.45) is 7.05 Å². The normalized spacial score (nSPS) is 10.8. The van der Waals surface area contributed by atoms with E-state index in [1.807, 2.05) is 18.5 Å². The Bertz CT molecular complexity index is 638. The van der Waals surface area contributed by atoms with E-state index < -0.39 is 5.97 Å². The summed E-state index contributed by atoms with van der Waals surface area (Å²) in [5.41, 5.74) is 2.53. The van der Waals surface area contributed by atoms with Crippen LogP contribution in [0.15, 0.2) is 18.2 Å².